The minimum Gasteiger partial charge on any atom is -0.492 e. The van der Waals surface area contributed by atoms with E-state index in [1.807, 2.05) is 30.3 Å². The first-order chi connectivity index (χ1) is 12.6. The van der Waals surface area contributed by atoms with Gasteiger partial charge in [-0.05, 0) is 18.2 Å². The van der Waals surface area contributed by atoms with E-state index < -0.39 is 4.92 Å². The highest BCUT2D eigenvalue weighted by Crippen LogP contribution is 2.16. The fourth-order valence-electron chi connectivity index (χ4n) is 2.92. The summed E-state index contributed by atoms with van der Waals surface area (Å²) in [6.07, 6.45) is 0. The number of hydrogen-bond donors (Lipinski definition) is 0. The molecule has 0 saturated carbocycles. The zero-order valence-electron chi connectivity index (χ0n) is 14.4. The van der Waals surface area contributed by atoms with Crippen LogP contribution < -0.4 is 4.74 Å². The van der Waals surface area contributed by atoms with Gasteiger partial charge in [-0.2, -0.15) is 0 Å². The summed E-state index contributed by atoms with van der Waals surface area (Å²) in [6, 6.07) is 15.6. The van der Waals surface area contributed by atoms with Crippen molar-refractivity contribution in [1.29, 1.82) is 0 Å². The molecule has 1 amide bonds. The Bertz CT molecular complexity index is 758. The molecule has 7 heteroatoms. The second-order valence-corrected chi connectivity index (χ2v) is 6.10. The Labute approximate surface area is 151 Å². The van der Waals surface area contributed by atoms with Crippen LogP contribution in [0.4, 0.5) is 5.69 Å². The molecule has 0 atom stereocenters. The van der Waals surface area contributed by atoms with Crippen molar-refractivity contribution in [2.24, 2.45) is 0 Å². The fraction of sp³-hybridized carbons (Fsp3) is 0.316. The van der Waals surface area contributed by atoms with Gasteiger partial charge in [0.05, 0.1) is 4.92 Å². The quantitative estimate of drug-likeness (QED) is 0.588. The summed E-state index contributed by atoms with van der Waals surface area (Å²) >= 11 is 0. The lowest BCUT2D eigenvalue weighted by Crippen LogP contribution is -2.49. The summed E-state index contributed by atoms with van der Waals surface area (Å²) in [5.41, 5.74) is 0.299. The molecule has 0 bridgehead atoms. The number of ether oxygens (including phenoxy) is 1. The largest absolute Gasteiger partial charge is 0.492 e. The Morgan fingerprint density at radius 3 is 2.46 bits per heavy atom. The Kier molecular flexibility index (Phi) is 5.80. The summed E-state index contributed by atoms with van der Waals surface area (Å²) in [4.78, 5) is 26.9. The number of carbonyl (C=O) groups excluding carboxylic acids is 1. The van der Waals surface area contributed by atoms with Crippen LogP contribution in [0.15, 0.2) is 54.6 Å². The van der Waals surface area contributed by atoms with E-state index in [4.69, 9.17) is 4.74 Å². The van der Waals surface area contributed by atoms with Gasteiger partial charge in [0.1, 0.15) is 12.4 Å². The molecule has 0 unspecified atom stereocenters. The van der Waals surface area contributed by atoms with Crippen molar-refractivity contribution in [3.63, 3.8) is 0 Å². The van der Waals surface area contributed by atoms with Crippen LogP contribution in [0.3, 0.4) is 0 Å². The molecule has 0 radical (unpaired) electrons. The van der Waals surface area contributed by atoms with Crippen LogP contribution in [0, 0.1) is 10.1 Å². The standard InChI is InChI=1S/C19H21N3O4/c23-19(16-5-4-6-17(15-16)22(24)25)21-11-9-20(10-12-21)13-14-26-18-7-2-1-3-8-18/h1-8,15H,9-14H2. The molecule has 1 aliphatic rings. The molecule has 0 aliphatic carbocycles. The number of nitro groups is 1. The smallest absolute Gasteiger partial charge is 0.270 e. The van der Waals surface area contributed by atoms with Crippen molar-refractivity contribution in [2.45, 2.75) is 0 Å². The summed E-state index contributed by atoms with van der Waals surface area (Å²) in [5.74, 6) is 0.695. The van der Waals surface area contributed by atoms with E-state index in [2.05, 4.69) is 4.90 Å². The summed E-state index contributed by atoms with van der Waals surface area (Å²) in [7, 11) is 0. The first-order valence-electron chi connectivity index (χ1n) is 8.57. The van der Waals surface area contributed by atoms with E-state index in [-0.39, 0.29) is 11.6 Å². The number of para-hydroxylation sites is 1. The minimum absolute atomic E-state index is 0.0625. The van der Waals surface area contributed by atoms with Crippen molar-refractivity contribution in [1.82, 2.24) is 9.80 Å². The molecule has 0 N–H and O–H groups in total. The van der Waals surface area contributed by atoms with Crippen LogP contribution in [-0.2, 0) is 0 Å². The highest BCUT2D eigenvalue weighted by atomic mass is 16.6. The lowest BCUT2D eigenvalue weighted by Gasteiger charge is -2.34. The van der Waals surface area contributed by atoms with Gasteiger partial charge in [0.2, 0.25) is 0 Å². The van der Waals surface area contributed by atoms with E-state index in [0.717, 1.165) is 25.4 Å². The Morgan fingerprint density at radius 1 is 1.04 bits per heavy atom. The number of non-ortho nitro benzene ring substituents is 1. The Hall–Kier alpha value is -2.93. The summed E-state index contributed by atoms with van der Waals surface area (Å²) in [5, 5.41) is 10.9. The first-order valence-corrected chi connectivity index (χ1v) is 8.57. The molecule has 1 heterocycles. The number of carbonyl (C=O) groups is 1. The zero-order valence-corrected chi connectivity index (χ0v) is 14.4. The fourth-order valence-corrected chi connectivity index (χ4v) is 2.92. The van der Waals surface area contributed by atoms with Gasteiger partial charge < -0.3 is 9.64 Å². The molecule has 1 saturated heterocycles. The lowest BCUT2D eigenvalue weighted by atomic mass is 10.1. The minimum atomic E-state index is -0.485. The highest BCUT2D eigenvalue weighted by Gasteiger charge is 2.23. The Balaban J connectivity index is 1.46. The van der Waals surface area contributed by atoms with Crippen molar-refractivity contribution in [3.05, 3.63) is 70.3 Å². The van der Waals surface area contributed by atoms with Gasteiger partial charge in [-0.25, -0.2) is 0 Å². The third-order valence-electron chi connectivity index (χ3n) is 4.38. The molecule has 136 valence electrons. The number of rotatable bonds is 6. The molecule has 3 rings (SSSR count). The van der Waals surface area contributed by atoms with Crippen LogP contribution in [0.25, 0.3) is 0 Å². The van der Waals surface area contributed by atoms with Crippen molar-refractivity contribution >= 4 is 11.6 Å². The van der Waals surface area contributed by atoms with E-state index >= 15 is 0 Å². The number of nitrogens with zero attached hydrogens (tertiary/aromatic N) is 3. The molecule has 2 aromatic rings. The average Bonchev–Trinajstić information content (AvgIpc) is 2.69. The van der Waals surface area contributed by atoms with Crippen LogP contribution >= 0.6 is 0 Å². The molecule has 7 nitrogen and oxygen atoms in total. The van der Waals surface area contributed by atoms with Gasteiger partial charge in [0, 0.05) is 50.4 Å². The van der Waals surface area contributed by atoms with Crippen LogP contribution in [0.2, 0.25) is 0 Å². The van der Waals surface area contributed by atoms with E-state index in [0.29, 0.717) is 25.3 Å². The predicted molar refractivity (Wildman–Crippen MR) is 97.4 cm³/mol. The van der Waals surface area contributed by atoms with E-state index in [9.17, 15) is 14.9 Å². The van der Waals surface area contributed by atoms with Crippen molar-refractivity contribution in [2.75, 3.05) is 39.3 Å². The maximum absolute atomic E-state index is 12.5. The number of nitro benzene ring substituents is 1. The Morgan fingerprint density at radius 2 is 1.77 bits per heavy atom. The number of hydrogen-bond acceptors (Lipinski definition) is 5. The van der Waals surface area contributed by atoms with Crippen LogP contribution in [-0.4, -0.2) is 60.0 Å². The second-order valence-electron chi connectivity index (χ2n) is 6.10. The molecular weight excluding hydrogens is 334 g/mol. The van der Waals surface area contributed by atoms with Gasteiger partial charge in [-0.1, -0.05) is 24.3 Å². The molecule has 0 spiro atoms. The second kappa shape index (κ2) is 8.44. The van der Waals surface area contributed by atoms with E-state index in [1.54, 1.807) is 17.0 Å². The predicted octanol–water partition coefficient (Wildman–Crippen LogP) is 2.43. The van der Waals surface area contributed by atoms with Crippen LogP contribution in [0.1, 0.15) is 10.4 Å². The molecule has 0 aromatic heterocycles. The monoisotopic (exact) mass is 355 g/mol. The maximum Gasteiger partial charge on any atom is 0.270 e. The highest BCUT2D eigenvalue weighted by molar-refractivity contribution is 5.94. The van der Waals surface area contributed by atoms with Crippen molar-refractivity contribution < 1.29 is 14.5 Å². The molecular formula is C19H21N3O4. The van der Waals surface area contributed by atoms with E-state index in [1.165, 1.54) is 12.1 Å². The molecule has 1 fully saturated rings. The third-order valence-corrected chi connectivity index (χ3v) is 4.38. The zero-order chi connectivity index (χ0) is 18.4. The van der Waals surface area contributed by atoms with Gasteiger partial charge in [-0.3, -0.25) is 19.8 Å². The van der Waals surface area contributed by atoms with Gasteiger partial charge in [-0.15, -0.1) is 0 Å². The van der Waals surface area contributed by atoms with Crippen molar-refractivity contribution in [3.8, 4) is 5.75 Å². The number of piperazine rings is 1. The lowest BCUT2D eigenvalue weighted by molar-refractivity contribution is -0.384. The van der Waals surface area contributed by atoms with Gasteiger partial charge in [0.15, 0.2) is 0 Å². The van der Waals surface area contributed by atoms with Gasteiger partial charge >= 0.3 is 0 Å². The average molecular weight is 355 g/mol. The first kappa shape index (κ1) is 17.9. The third kappa shape index (κ3) is 4.58. The van der Waals surface area contributed by atoms with Gasteiger partial charge in [0.25, 0.3) is 11.6 Å². The topological polar surface area (TPSA) is 75.9 Å². The molecule has 26 heavy (non-hydrogen) atoms. The molecule has 1 aliphatic heterocycles. The normalized spacial score (nSPS) is 14.8. The molecule has 2 aromatic carbocycles. The van der Waals surface area contributed by atoms with Crippen LogP contribution in [0.5, 0.6) is 5.75 Å². The summed E-state index contributed by atoms with van der Waals surface area (Å²) < 4.78 is 5.70. The SMILES string of the molecule is O=C(c1cccc([N+](=O)[O-])c1)N1CCN(CCOc2ccccc2)CC1. The number of amides is 1. The summed E-state index contributed by atoms with van der Waals surface area (Å²) in [6.45, 7) is 4.13. The number of benzene rings is 2. The maximum atomic E-state index is 12.5.